The lowest BCUT2D eigenvalue weighted by molar-refractivity contribution is -0.0817. The summed E-state index contributed by atoms with van der Waals surface area (Å²) in [6, 6.07) is 5.22. The zero-order valence-electron chi connectivity index (χ0n) is 16.5. The van der Waals surface area contributed by atoms with E-state index in [2.05, 4.69) is 20.2 Å². The Bertz CT molecular complexity index is 811. The van der Waals surface area contributed by atoms with Crippen LogP contribution in [0.1, 0.15) is 18.4 Å². The van der Waals surface area contributed by atoms with E-state index in [9.17, 15) is 4.39 Å². The predicted molar refractivity (Wildman–Crippen MR) is 119 cm³/mol. The molecule has 0 aliphatic carbocycles. The number of benzene rings is 1. The van der Waals surface area contributed by atoms with Crippen molar-refractivity contribution in [2.45, 2.75) is 31.6 Å². The molecule has 2 saturated heterocycles. The molecule has 7 nitrogen and oxygen atoms in total. The minimum atomic E-state index is -0.280. The summed E-state index contributed by atoms with van der Waals surface area (Å²) in [5, 5.41) is 3.34. The molecule has 2 unspecified atom stereocenters. The fraction of sp³-hybridized carbons (Fsp3) is 0.500. The second-order valence-corrected chi connectivity index (χ2v) is 7.06. The molecule has 1 aromatic heterocycles. The number of hydrogen-bond donors (Lipinski definition) is 1. The normalized spacial score (nSPS) is 22.4. The SMILES string of the molecule is CN=C(NCc1ccc(-n2ccnc2)c(F)c1)N1CCOC(C2CCCO2)C1.I. The van der Waals surface area contributed by atoms with Gasteiger partial charge in [0.15, 0.2) is 5.96 Å². The number of guanidine groups is 1. The molecular formula is C20H27FIN5O2. The standard InChI is InChI=1S/C20H26FN5O2.HI/c1-22-20(25-8-10-28-19(13-25)18-3-2-9-27-18)24-12-15-4-5-17(16(21)11-15)26-7-6-23-14-26;/h4-7,11,14,18-19H,2-3,8-10,12-13H2,1H3,(H,22,24);1H. The first-order chi connectivity index (χ1) is 13.7. The number of nitrogens with one attached hydrogen (secondary N) is 1. The molecular weight excluding hydrogens is 488 g/mol. The van der Waals surface area contributed by atoms with Gasteiger partial charge in [-0.05, 0) is 30.5 Å². The van der Waals surface area contributed by atoms with E-state index in [1.165, 1.54) is 0 Å². The van der Waals surface area contributed by atoms with Crippen LogP contribution in [0.2, 0.25) is 0 Å². The van der Waals surface area contributed by atoms with Crippen LogP contribution in [0.5, 0.6) is 0 Å². The number of halogens is 2. The Morgan fingerprint density at radius 3 is 2.86 bits per heavy atom. The molecule has 0 amide bonds. The zero-order valence-corrected chi connectivity index (χ0v) is 18.8. The molecule has 2 aliphatic heterocycles. The van der Waals surface area contributed by atoms with Crippen LogP contribution in [-0.2, 0) is 16.0 Å². The predicted octanol–water partition coefficient (Wildman–Crippen LogP) is 2.58. The lowest BCUT2D eigenvalue weighted by Crippen LogP contribution is -2.53. The van der Waals surface area contributed by atoms with Gasteiger partial charge < -0.3 is 24.3 Å². The summed E-state index contributed by atoms with van der Waals surface area (Å²) in [7, 11) is 1.77. The molecule has 2 atom stereocenters. The second kappa shape index (κ2) is 10.4. The Morgan fingerprint density at radius 2 is 2.17 bits per heavy atom. The molecule has 2 aliphatic rings. The van der Waals surface area contributed by atoms with Crippen molar-refractivity contribution in [2.75, 3.05) is 33.4 Å². The van der Waals surface area contributed by atoms with E-state index in [0.29, 0.717) is 18.8 Å². The molecule has 29 heavy (non-hydrogen) atoms. The summed E-state index contributed by atoms with van der Waals surface area (Å²) < 4.78 is 27.8. The van der Waals surface area contributed by atoms with Gasteiger partial charge in [-0.25, -0.2) is 9.37 Å². The zero-order chi connectivity index (χ0) is 19.3. The number of rotatable bonds is 4. The van der Waals surface area contributed by atoms with Crippen LogP contribution < -0.4 is 5.32 Å². The van der Waals surface area contributed by atoms with E-state index < -0.39 is 0 Å². The molecule has 2 fully saturated rings. The number of aromatic nitrogens is 2. The summed E-state index contributed by atoms with van der Waals surface area (Å²) in [5.74, 6) is 0.516. The summed E-state index contributed by atoms with van der Waals surface area (Å²) >= 11 is 0. The Labute approximate surface area is 187 Å². The highest BCUT2D eigenvalue weighted by molar-refractivity contribution is 14.0. The van der Waals surface area contributed by atoms with E-state index in [4.69, 9.17) is 9.47 Å². The van der Waals surface area contributed by atoms with Gasteiger partial charge in [-0.2, -0.15) is 0 Å². The van der Waals surface area contributed by atoms with E-state index in [1.807, 2.05) is 6.07 Å². The molecule has 0 radical (unpaired) electrons. The first-order valence-electron chi connectivity index (χ1n) is 9.70. The maximum atomic E-state index is 14.5. The largest absolute Gasteiger partial charge is 0.375 e. The van der Waals surface area contributed by atoms with Gasteiger partial charge in [0.05, 0.1) is 24.7 Å². The maximum Gasteiger partial charge on any atom is 0.194 e. The van der Waals surface area contributed by atoms with Gasteiger partial charge in [-0.15, -0.1) is 24.0 Å². The lowest BCUT2D eigenvalue weighted by atomic mass is 10.1. The number of hydrogen-bond acceptors (Lipinski definition) is 4. The minimum Gasteiger partial charge on any atom is -0.375 e. The highest BCUT2D eigenvalue weighted by atomic mass is 127. The van der Waals surface area contributed by atoms with Crippen molar-refractivity contribution < 1.29 is 13.9 Å². The highest BCUT2D eigenvalue weighted by Gasteiger charge is 2.32. The molecule has 0 saturated carbocycles. The molecule has 1 N–H and O–H groups in total. The average Bonchev–Trinajstić information content (AvgIpc) is 3.43. The Balaban J connectivity index is 0.00000240. The smallest absolute Gasteiger partial charge is 0.194 e. The fourth-order valence-corrected chi connectivity index (χ4v) is 3.77. The van der Waals surface area contributed by atoms with E-state index in [1.54, 1.807) is 42.5 Å². The van der Waals surface area contributed by atoms with E-state index in [0.717, 1.165) is 44.1 Å². The van der Waals surface area contributed by atoms with Crippen molar-refractivity contribution in [2.24, 2.45) is 4.99 Å². The number of morpholine rings is 1. The van der Waals surface area contributed by atoms with Crippen LogP contribution in [0, 0.1) is 5.82 Å². The molecule has 2 aromatic rings. The number of aliphatic imine (C=N–C) groups is 1. The number of nitrogens with zero attached hydrogens (tertiary/aromatic N) is 4. The molecule has 0 bridgehead atoms. The molecule has 4 rings (SSSR count). The summed E-state index contributed by atoms with van der Waals surface area (Å²) in [4.78, 5) is 10.5. The first kappa shape index (κ1) is 22.0. The quantitative estimate of drug-likeness (QED) is 0.386. The fourth-order valence-electron chi connectivity index (χ4n) is 3.77. The molecule has 1 aromatic carbocycles. The van der Waals surface area contributed by atoms with E-state index >= 15 is 0 Å². The van der Waals surface area contributed by atoms with Gasteiger partial charge in [0.2, 0.25) is 0 Å². The van der Waals surface area contributed by atoms with Crippen molar-refractivity contribution in [1.82, 2.24) is 19.8 Å². The average molecular weight is 515 g/mol. The molecule has 0 spiro atoms. The van der Waals surface area contributed by atoms with Crippen LogP contribution in [-0.4, -0.2) is 66.0 Å². The van der Waals surface area contributed by atoms with Crippen LogP contribution in [0.4, 0.5) is 4.39 Å². The van der Waals surface area contributed by atoms with Crippen molar-refractivity contribution in [3.05, 3.63) is 48.3 Å². The van der Waals surface area contributed by atoms with Gasteiger partial charge in [0.1, 0.15) is 11.9 Å². The van der Waals surface area contributed by atoms with Crippen LogP contribution in [0.15, 0.2) is 41.9 Å². The monoisotopic (exact) mass is 515 g/mol. The van der Waals surface area contributed by atoms with Crippen molar-refractivity contribution in [3.63, 3.8) is 0 Å². The van der Waals surface area contributed by atoms with Crippen molar-refractivity contribution in [1.29, 1.82) is 0 Å². The summed E-state index contributed by atoms with van der Waals surface area (Å²) in [6.07, 6.45) is 7.32. The molecule has 3 heterocycles. The minimum absolute atomic E-state index is 0. The molecule has 158 valence electrons. The van der Waals surface area contributed by atoms with Crippen LogP contribution in [0.25, 0.3) is 5.69 Å². The summed E-state index contributed by atoms with van der Waals surface area (Å²) in [6.45, 7) is 3.49. The summed E-state index contributed by atoms with van der Waals surface area (Å²) in [5.41, 5.74) is 1.34. The van der Waals surface area contributed by atoms with Gasteiger partial charge in [-0.3, -0.25) is 4.99 Å². The first-order valence-corrected chi connectivity index (χ1v) is 9.70. The van der Waals surface area contributed by atoms with Gasteiger partial charge in [-0.1, -0.05) is 6.07 Å². The lowest BCUT2D eigenvalue weighted by Gasteiger charge is -2.37. The second-order valence-electron chi connectivity index (χ2n) is 7.06. The third kappa shape index (κ3) is 5.26. The molecule has 9 heteroatoms. The Kier molecular flexibility index (Phi) is 7.84. The van der Waals surface area contributed by atoms with Crippen molar-refractivity contribution >= 4 is 29.9 Å². The van der Waals surface area contributed by atoms with Gasteiger partial charge >= 0.3 is 0 Å². The van der Waals surface area contributed by atoms with E-state index in [-0.39, 0.29) is 42.0 Å². The maximum absolute atomic E-state index is 14.5. The Morgan fingerprint density at radius 1 is 1.31 bits per heavy atom. The Hall–Kier alpha value is -1.72. The van der Waals surface area contributed by atoms with Crippen LogP contribution in [0.3, 0.4) is 0 Å². The highest BCUT2D eigenvalue weighted by Crippen LogP contribution is 2.21. The van der Waals surface area contributed by atoms with Gasteiger partial charge in [0.25, 0.3) is 0 Å². The third-order valence-corrected chi connectivity index (χ3v) is 5.23. The van der Waals surface area contributed by atoms with Gasteiger partial charge in [0, 0.05) is 45.7 Å². The number of imidazole rings is 1. The van der Waals surface area contributed by atoms with Crippen molar-refractivity contribution in [3.8, 4) is 5.69 Å². The third-order valence-electron chi connectivity index (χ3n) is 5.23. The number of ether oxygens (including phenoxy) is 2. The van der Waals surface area contributed by atoms with Crippen LogP contribution >= 0.6 is 24.0 Å². The topological polar surface area (TPSA) is 63.9 Å².